The van der Waals surface area contributed by atoms with E-state index >= 15 is 0 Å². The number of benzene rings is 10. The van der Waals surface area contributed by atoms with Gasteiger partial charge in [-0.05, 0) is 160 Å². The molecule has 11 aromatic rings. The molecule has 0 atom stereocenters. The molecule has 3 heterocycles. The molecule has 0 saturated carbocycles. The highest BCUT2D eigenvalue weighted by Gasteiger charge is 2.47. The summed E-state index contributed by atoms with van der Waals surface area (Å²) >= 11 is 0. The lowest BCUT2D eigenvalue weighted by molar-refractivity contribution is 0.590. The molecule has 1 aromatic heterocycles. The third-order valence-corrected chi connectivity index (χ3v) is 18.2. The van der Waals surface area contributed by atoms with Crippen molar-refractivity contribution in [2.24, 2.45) is 0 Å². The molecule has 0 fully saturated rings. The van der Waals surface area contributed by atoms with Crippen LogP contribution in [0.1, 0.15) is 103 Å². The lowest BCUT2D eigenvalue weighted by Gasteiger charge is -2.42. The van der Waals surface area contributed by atoms with E-state index in [-0.39, 0.29) is 28.5 Å². The van der Waals surface area contributed by atoms with Crippen molar-refractivity contribution >= 4 is 84.5 Å². The number of rotatable bonds is 4. The summed E-state index contributed by atoms with van der Waals surface area (Å²) in [5, 5.41) is 5.11. The second-order valence-corrected chi connectivity index (χ2v) is 25.4. The van der Waals surface area contributed by atoms with Crippen LogP contribution in [0.25, 0.3) is 66.0 Å². The van der Waals surface area contributed by atoms with E-state index in [4.69, 9.17) is 0 Å². The summed E-state index contributed by atoms with van der Waals surface area (Å²) in [5.41, 5.74) is 27.9. The summed E-state index contributed by atoms with van der Waals surface area (Å²) in [6.45, 7) is 23.3. The lowest BCUT2D eigenvalue weighted by atomic mass is 9.44. The molecule has 10 aromatic carbocycles. The van der Waals surface area contributed by atoms with Gasteiger partial charge in [-0.1, -0.05) is 197 Å². The molecule has 4 heteroatoms. The first-order valence-electron chi connectivity index (χ1n) is 27.4. The zero-order valence-corrected chi connectivity index (χ0v) is 45.4. The van der Waals surface area contributed by atoms with Gasteiger partial charge in [-0.3, -0.25) is 0 Å². The Labute approximate surface area is 448 Å². The van der Waals surface area contributed by atoms with E-state index in [0.29, 0.717) is 0 Å². The molecule has 0 saturated heterocycles. The Bertz CT molecular complexity index is 4250. The normalized spacial score (nSPS) is 15.1. The fourth-order valence-electron chi connectivity index (χ4n) is 14.2. The van der Waals surface area contributed by atoms with Crippen LogP contribution in [0, 0.1) is 0 Å². The smallest absolute Gasteiger partial charge is 0.333 e. The molecule has 0 bridgehead atoms. The molecule has 2 aliphatic heterocycles. The number of nitrogens with zero attached hydrogens (tertiary/aromatic N) is 3. The van der Waals surface area contributed by atoms with Gasteiger partial charge in [0, 0.05) is 72.3 Å². The summed E-state index contributed by atoms with van der Waals surface area (Å²) in [6.07, 6.45) is 0. The molecule has 0 radical (unpaired) electrons. The summed E-state index contributed by atoms with van der Waals surface area (Å²) in [4.78, 5) is 5.17. The molecular formula is C72H62BN3. The number of anilines is 6. The number of aromatic nitrogens is 1. The van der Waals surface area contributed by atoms with Crippen molar-refractivity contribution < 1.29 is 0 Å². The van der Waals surface area contributed by atoms with Crippen molar-refractivity contribution in [3.63, 3.8) is 0 Å². The first-order valence-corrected chi connectivity index (χ1v) is 27.4. The molecule has 15 rings (SSSR count). The minimum absolute atomic E-state index is 0.0150. The molecule has 3 nitrogen and oxygen atoms in total. The Morgan fingerprint density at radius 1 is 0.408 bits per heavy atom. The molecular weight excluding hydrogens is 918 g/mol. The Hall–Kier alpha value is -8.08. The topological polar surface area (TPSA) is 11.4 Å². The quantitative estimate of drug-likeness (QED) is 0.163. The number of fused-ring (bicyclic) bond motifs is 14. The van der Waals surface area contributed by atoms with Crippen molar-refractivity contribution in [3.8, 4) is 33.4 Å². The number of hydrogen-bond donors (Lipinski definition) is 0. The predicted molar refractivity (Wildman–Crippen MR) is 325 cm³/mol. The van der Waals surface area contributed by atoms with Gasteiger partial charge in [0.1, 0.15) is 0 Å². The second-order valence-electron chi connectivity index (χ2n) is 25.4. The molecule has 2 aliphatic carbocycles. The van der Waals surface area contributed by atoms with Crippen LogP contribution in [0.4, 0.5) is 34.1 Å². The van der Waals surface area contributed by atoms with Crippen LogP contribution in [-0.4, -0.2) is 11.3 Å². The van der Waals surface area contributed by atoms with Gasteiger partial charge < -0.3 is 14.3 Å². The summed E-state index contributed by atoms with van der Waals surface area (Å²) in [7, 11) is 0. The van der Waals surface area contributed by atoms with E-state index in [1.54, 1.807) is 0 Å². The SMILES string of the molecule is CC(C)(C)c1ccc(N(c2ccc(C(C)(C)C)cc2)c2cc3c4c(c2)N(c2ccc5c(c2)-c2ccccc2C5(C)C)c2cc5c(cc2B4n2c4cc6ccccc6cc4c4cccc-3c42)C(C)(C)c2ccccc2-5)cc1. The highest BCUT2D eigenvalue weighted by molar-refractivity contribution is 6.90. The van der Waals surface area contributed by atoms with E-state index in [0.717, 1.165) is 17.1 Å². The van der Waals surface area contributed by atoms with E-state index in [1.165, 1.54) is 127 Å². The third kappa shape index (κ3) is 6.19. The summed E-state index contributed by atoms with van der Waals surface area (Å²) in [5.74, 6) is 0. The van der Waals surface area contributed by atoms with Gasteiger partial charge in [0.2, 0.25) is 0 Å². The average molecular weight is 980 g/mol. The zero-order valence-electron chi connectivity index (χ0n) is 45.4. The fraction of sp³-hybridized carbons (Fsp3) is 0.194. The monoisotopic (exact) mass is 980 g/mol. The first kappa shape index (κ1) is 45.3. The van der Waals surface area contributed by atoms with Gasteiger partial charge in [-0.25, -0.2) is 0 Å². The minimum atomic E-state index is -0.190. The van der Waals surface area contributed by atoms with Gasteiger partial charge in [0.05, 0.1) is 0 Å². The molecule has 368 valence electrons. The van der Waals surface area contributed by atoms with Crippen LogP contribution in [0.2, 0.25) is 0 Å². The zero-order chi connectivity index (χ0) is 51.9. The summed E-state index contributed by atoms with van der Waals surface area (Å²) < 4.78 is 2.74. The highest BCUT2D eigenvalue weighted by Crippen LogP contribution is 2.56. The largest absolute Gasteiger partial charge is 0.375 e. The molecule has 4 aliphatic rings. The minimum Gasteiger partial charge on any atom is -0.375 e. The van der Waals surface area contributed by atoms with Crippen LogP contribution in [0.3, 0.4) is 0 Å². The Kier molecular flexibility index (Phi) is 9.12. The van der Waals surface area contributed by atoms with E-state index in [1.807, 2.05) is 0 Å². The average Bonchev–Trinajstić information content (AvgIpc) is 3.95. The van der Waals surface area contributed by atoms with Crippen molar-refractivity contribution in [1.29, 1.82) is 0 Å². The maximum atomic E-state index is 2.74. The van der Waals surface area contributed by atoms with E-state index in [2.05, 4.69) is 278 Å². The van der Waals surface area contributed by atoms with Gasteiger partial charge in [0.15, 0.2) is 0 Å². The van der Waals surface area contributed by atoms with Crippen LogP contribution >= 0.6 is 0 Å². The summed E-state index contributed by atoms with van der Waals surface area (Å²) in [6, 6.07) is 75.4. The standard InChI is InChI=1S/C72H62BN3/c1-69(2,3)45-26-30-47(31-27-45)74(48-32-28-46(29-33-48)70(4,5)6)50-39-58-54-23-17-22-53-57-36-43-18-11-12-19-44(43)37-64(57)76(68(53)54)73-63-42-62-56(52-21-14-16-25-60(52)72(62,9)10)41-65(63)75(66(40-50)67(58)73)49-34-35-61-55(38-49)51-20-13-15-24-59(51)71(61,7)8/h11-42H,1-10H3. The maximum absolute atomic E-state index is 2.74. The lowest BCUT2D eigenvalue weighted by Crippen LogP contribution is -2.57. The van der Waals surface area contributed by atoms with Gasteiger partial charge in [-0.15, -0.1) is 0 Å². The van der Waals surface area contributed by atoms with Crippen molar-refractivity contribution in [3.05, 3.63) is 228 Å². The van der Waals surface area contributed by atoms with Crippen LogP contribution in [-0.2, 0) is 21.7 Å². The Morgan fingerprint density at radius 3 is 1.59 bits per heavy atom. The maximum Gasteiger partial charge on any atom is 0.333 e. The van der Waals surface area contributed by atoms with E-state index in [9.17, 15) is 0 Å². The third-order valence-electron chi connectivity index (χ3n) is 18.2. The number of hydrogen-bond acceptors (Lipinski definition) is 2. The Balaban J connectivity index is 1.09. The first-order chi connectivity index (χ1) is 36.5. The van der Waals surface area contributed by atoms with Crippen molar-refractivity contribution in [2.75, 3.05) is 9.80 Å². The fourth-order valence-corrected chi connectivity index (χ4v) is 14.2. The van der Waals surface area contributed by atoms with Gasteiger partial charge in [0.25, 0.3) is 0 Å². The number of para-hydroxylation sites is 1. The predicted octanol–water partition coefficient (Wildman–Crippen LogP) is 18.0. The van der Waals surface area contributed by atoms with Crippen LogP contribution in [0.5, 0.6) is 0 Å². The van der Waals surface area contributed by atoms with Gasteiger partial charge >= 0.3 is 6.85 Å². The Morgan fingerprint density at radius 2 is 0.961 bits per heavy atom. The molecule has 76 heavy (non-hydrogen) atoms. The van der Waals surface area contributed by atoms with Crippen molar-refractivity contribution in [1.82, 2.24) is 4.48 Å². The second kappa shape index (κ2) is 15.3. The van der Waals surface area contributed by atoms with Crippen molar-refractivity contribution in [2.45, 2.75) is 90.9 Å². The molecule has 0 spiro atoms. The highest BCUT2D eigenvalue weighted by atomic mass is 15.2. The molecule has 0 amide bonds. The van der Waals surface area contributed by atoms with Crippen LogP contribution < -0.4 is 20.7 Å². The molecule has 0 N–H and O–H groups in total. The van der Waals surface area contributed by atoms with Gasteiger partial charge in [-0.2, -0.15) is 0 Å². The van der Waals surface area contributed by atoms with E-state index < -0.39 is 0 Å². The van der Waals surface area contributed by atoms with Crippen LogP contribution in [0.15, 0.2) is 194 Å². The molecule has 0 unspecified atom stereocenters.